The molecule has 506 valence electrons. The zero-order valence-corrected chi connectivity index (χ0v) is 54.7. The number of amides is 3. The van der Waals surface area contributed by atoms with Gasteiger partial charge in [-0.05, 0) is 108 Å². The number of ketones is 3. The Morgan fingerprint density at radius 2 is 1.50 bits per heavy atom. The van der Waals surface area contributed by atoms with Gasteiger partial charge >= 0.3 is 12.1 Å². The van der Waals surface area contributed by atoms with Crippen LogP contribution in [0, 0.1) is 29.6 Å². The highest BCUT2D eigenvalue weighted by atomic mass is 16.6. The molecule has 3 saturated heterocycles. The quantitative estimate of drug-likeness (QED) is 0.0880. The average molecular weight is 1280 g/mol. The Bertz CT molecular complexity index is 3010. The standard InChI is InChI=1S/C66H97N11O15/c1-10-69-60(83)47-37-72-64(74-59(47)68)76-26-24-75(25-27-76)63-70-34-45(35-71-63)36-73-65(86)91-51-22-20-44(31-54(51)89-9)30-48(67)53-33-50(78)40(4)29-42(6)56(80)57(81)55(79)41(5)28-38(2)16-12-11-13-17-39(3)52(88-8)32-46-21-19-43(7)66(87,92-46)58(82)61(84)77-23-15-14-18-49(77)62(85)90-53/h11-13,16-17,29,34-35,37-38,40-41,43-44,46,48-49,51-54,56-57,80-81,87H,10,14-15,18-28,30-33,36,67H2,1-9H3,(H,69,83)(H,73,86)(H2,68,72,74)/b13-11+,16-12+,39-17+,42-29+/t38-,40-,41-,43-,44+,46+,48-,49+,51-,52+,53+,54-,56-,57+,66-/m1/s1. The number of carbonyl (C=O) groups is 7. The normalized spacial score (nSPS) is 32.8. The van der Waals surface area contributed by atoms with E-state index in [4.69, 9.17) is 35.2 Å². The summed E-state index contributed by atoms with van der Waals surface area (Å²) in [6.45, 7) is 14.8. The van der Waals surface area contributed by atoms with E-state index < -0.39 is 120 Å². The van der Waals surface area contributed by atoms with Crippen molar-refractivity contribution in [3.63, 3.8) is 0 Å². The number of methoxy groups -OCH3 is 2. The van der Waals surface area contributed by atoms with Crippen LogP contribution in [-0.2, 0) is 54.2 Å². The number of nitrogens with two attached hydrogens (primary N) is 2. The Hall–Kier alpha value is -7.07. The number of nitrogens with one attached hydrogen (secondary N) is 2. The number of cyclic esters (lactones) is 1. The first-order valence-corrected chi connectivity index (χ1v) is 32.4. The summed E-state index contributed by atoms with van der Waals surface area (Å²) in [7, 11) is 3.06. The van der Waals surface area contributed by atoms with Crippen LogP contribution in [0.5, 0.6) is 0 Å². The molecule has 2 bridgehead atoms. The maximum atomic E-state index is 14.6. The molecule has 0 aromatic carbocycles. The maximum absolute atomic E-state index is 14.6. The Morgan fingerprint density at radius 3 is 2.17 bits per heavy atom. The third kappa shape index (κ3) is 18.8. The molecule has 2 aromatic rings. The molecule has 0 radical (unpaired) electrons. The lowest BCUT2D eigenvalue weighted by Crippen LogP contribution is -2.61. The number of esters is 1. The van der Waals surface area contributed by atoms with Crippen LogP contribution in [-0.4, -0.2) is 195 Å². The van der Waals surface area contributed by atoms with Gasteiger partial charge in [-0.25, -0.2) is 24.5 Å². The number of ether oxygens (including phenoxy) is 5. The highest BCUT2D eigenvalue weighted by molar-refractivity contribution is 6.39. The van der Waals surface area contributed by atoms with Gasteiger partial charge in [0.2, 0.25) is 17.7 Å². The van der Waals surface area contributed by atoms with E-state index in [-0.39, 0.29) is 67.0 Å². The van der Waals surface area contributed by atoms with Crippen molar-refractivity contribution in [2.45, 2.75) is 193 Å². The topological polar surface area (TPSA) is 364 Å². The molecule has 6 heterocycles. The summed E-state index contributed by atoms with van der Waals surface area (Å²) in [5.74, 6) is -8.59. The van der Waals surface area contributed by atoms with Crippen molar-refractivity contribution in [2.75, 3.05) is 69.0 Å². The number of aliphatic hydroxyl groups excluding tert-OH is 2. The van der Waals surface area contributed by atoms with Crippen molar-refractivity contribution in [3.8, 4) is 0 Å². The highest BCUT2D eigenvalue weighted by Gasteiger charge is 2.53. The molecule has 5 aliphatic rings. The minimum absolute atomic E-state index is 0.0000293. The van der Waals surface area contributed by atoms with Crippen molar-refractivity contribution in [2.24, 2.45) is 35.3 Å². The van der Waals surface area contributed by atoms with E-state index in [0.29, 0.717) is 102 Å². The molecule has 3 amide bonds. The Kier molecular flexibility index (Phi) is 26.5. The van der Waals surface area contributed by atoms with E-state index in [9.17, 15) is 48.9 Å². The van der Waals surface area contributed by atoms with Gasteiger partial charge in [0.1, 0.15) is 42.1 Å². The second-order valence-corrected chi connectivity index (χ2v) is 25.5. The SMILES string of the molecule is CCNC(=O)c1cnc(N2CCN(c3ncc(CNC(=O)O[C@@H]4CC[C@@H](C[C@@H](N)[C@@H]5CC(=O)[C@H](C)/C=C(\C)[C@@H](O)[C@@H](O)C(=O)[C@H](C)C[C@H](C)/C=C/C=C/C=C(\C)[C@@H](OC)C[C@@H]6CC[C@@H](C)[C@@](O)(O6)C(=O)C(=O)N6CCCC[C@H]6C(=O)O5)C[C@H]4OC)cn3)CC2)nc1N. The number of rotatable bonds is 12. The number of nitrogens with zero attached hydrogens (tertiary/aromatic N) is 7. The first-order chi connectivity index (χ1) is 43.8. The molecule has 26 nitrogen and oxygen atoms in total. The lowest BCUT2D eigenvalue weighted by molar-refractivity contribution is -0.265. The second kappa shape index (κ2) is 33.7. The monoisotopic (exact) mass is 1280 g/mol. The highest BCUT2D eigenvalue weighted by Crippen LogP contribution is 2.38. The smallest absolute Gasteiger partial charge is 0.407 e. The summed E-state index contributed by atoms with van der Waals surface area (Å²) in [4.78, 5) is 120. The molecule has 15 atom stereocenters. The molecule has 1 aliphatic carbocycles. The number of fused-ring (bicyclic) bond motifs is 3. The third-order valence-corrected chi connectivity index (χ3v) is 18.6. The lowest BCUT2D eigenvalue weighted by atomic mass is 9.80. The fourth-order valence-electron chi connectivity index (χ4n) is 12.8. The molecule has 4 fully saturated rings. The molecule has 92 heavy (non-hydrogen) atoms. The van der Waals surface area contributed by atoms with Gasteiger partial charge in [0.25, 0.3) is 17.6 Å². The maximum Gasteiger partial charge on any atom is 0.407 e. The fourth-order valence-corrected chi connectivity index (χ4v) is 12.8. The summed E-state index contributed by atoms with van der Waals surface area (Å²) in [5.41, 5.74) is 15.0. The van der Waals surface area contributed by atoms with Crippen molar-refractivity contribution >= 4 is 58.9 Å². The molecular formula is C66H97N11O15. The van der Waals surface area contributed by atoms with Gasteiger partial charge in [-0.15, -0.1) is 0 Å². The largest absolute Gasteiger partial charge is 0.459 e. The minimum atomic E-state index is -2.51. The summed E-state index contributed by atoms with van der Waals surface area (Å²) < 4.78 is 30.0. The number of piperazine rings is 1. The summed E-state index contributed by atoms with van der Waals surface area (Å²) in [6.07, 6.45) is 11.4. The molecule has 9 N–H and O–H groups in total. The van der Waals surface area contributed by atoms with Crippen LogP contribution in [0.4, 0.5) is 22.5 Å². The van der Waals surface area contributed by atoms with E-state index in [2.05, 4.69) is 30.6 Å². The number of aliphatic hydroxyl groups is 3. The molecule has 1 saturated carbocycles. The third-order valence-electron chi connectivity index (χ3n) is 18.6. The van der Waals surface area contributed by atoms with E-state index in [1.165, 1.54) is 26.3 Å². The predicted octanol–water partition coefficient (Wildman–Crippen LogP) is 4.39. The van der Waals surface area contributed by atoms with Crippen molar-refractivity contribution in [1.82, 2.24) is 35.5 Å². The van der Waals surface area contributed by atoms with Crippen molar-refractivity contribution < 1.29 is 72.6 Å². The van der Waals surface area contributed by atoms with Crippen LogP contribution in [0.1, 0.15) is 141 Å². The van der Waals surface area contributed by atoms with E-state index in [0.717, 1.165) is 10.5 Å². The Balaban J connectivity index is 1.01. The molecule has 0 unspecified atom stereocenters. The number of carbonyl (C=O) groups excluding carboxylic acids is 7. The molecule has 7 rings (SSSR count). The number of piperidine rings is 1. The number of alkyl carbamates (subject to hydrolysis) is 1. The zero-order valence-electron chi connectivity index (χ0n) is 54.7. The number of anilines is 3. The first kappa shape index (κ1) is 72.4. The van der Waals surface area contributed by atoms with E-state index in [1.807, 2.05) is 61.0 Å². The van der Waals surface area contributed by atoms with Gasteiger partial charge in [0.15, 0.2) is 5.78 Å². The minimum Gasteiger partial charge on any atom is -0.459 e. The van der Waals surface area contributed by atoms with Crippen LogP contribution >= 0.6 is 0 Å². The van der Waals surface area contributed by atoms with Crippen LogP contribution in [0.2, 0.25) is 0 Å². The molecule has 0 spiro atoms. The second-order valence-electron chi connectivity index (χ2n) is 25.5. The predicted molar refractivity (Wildman–Crippen MR) is 341 cm³/mol. The Labute approximate surface area is 539 Å². The number of aromatic nitrogens is 4. The average Bonchev–Trinajstić information content (AvgIpc) is 0.799. The van der Waals surface area contributed by atoms with Gasteiger partial charge in [-0.1, -0.05) is 64.2 Å². The summed E-state index contributed by atoms with van der Waals surface area (Å²) >= 11 is 0. The van der Waals surface area contributed by atoms with Gasteiger partial charge in [0.05, 0.1) is 23.9 Å². The van der Waals surface area contributed by atoms with E-state index >= 15 is 0 Å². The fraction of sp³-hybridized carbons (Fsp3) is 0.652. The van der Waals surface area contributed by atoms with Crippen molar-refractivity contribution in [1.29, 1.82) is 0 Å². The molecule has 2 aromatic heterocycles. The molecule has 4 aliphatic heterocycles. The van der Waals surface area contributed by atoms with Crippen LogP contribution in [0.25, 0.3) is 0 Å². The van der Waals surface area contributed by atoms with Crippen LogP contribution < -0.4 is 31.9 Å². The van der Waals surface area contributed by atoms with E-state index in [1.54, 1.807) is 40.3 Å². The van der Waals surface area contributed by atoms with Crippen molar-refractivity contribution in [3.05, 3.63) is 77.3 Å². The van der Waals surface area contributed by atoms with Gasteiger partial charge < -0.3 is 75.8 Å². The molecular weight excluding hydrogens is 1190 g/mol. The number of allylic oxidation sites excluding steroid dienone is 6. The Morgan fingerprint density at radius 1 is 0.804 bits per heavy atom. The van der Waals surface area contributed by atoms with Crippen LogP contribution in [0.15, 0.2) is 66.2 Å². The van der Waals surface area contributed by atoms with Gasteiger partial charge in [-0.3, -0.25) is 24.0 Å². The number of hydrogen-bond donors (Lipinski definition) is 7. The van der Waals surface area contributed by atoms with Gasteiger partial charge in [-0.2, -0.15) is 4.98 Å². The summed E-state index contributed by atoms with van der Waals surface area (Å²) in [6, 6.07) is -2.25. The first-order valence-electron chi connectivity index (χ1n) is 32.4. The number of Topliss-reactive ketones (excluding diaryl/α,β-unsaturated/α-hetero) is 3. The summed E-state index contributed by atoms with van der Waals surface area (Å²) in [5, 5.41) is 40.0. The number of nitrogen functional groups attached to an aromatic ring is 1. The molecule has 26 heteroatoms. The van der Waals surface area contributed by atoms with Crippen LogP contribution in [0.3, 0.4) is 0 Å². The zero-order chi connectivity index (χ0) is 67.0. The lowest BCUT2D eigenvalue weighted by Gasteiger charge is -2.42. The van der Waals surface area contributed by atoms with Gasteiger partial charge in [0, 0.05) is 121 Å². The number of hydrogen-bond acceptors (Lipinski definition) is 23.